The summed E-state index contributed by atoms with van der Waals surface area (Å²) in [7, 11) is -0.704. The zero-order valence-corrected chi connectivity index (χ0v) is 12.6. The maximum atomic E-state index is 12.6. The van der Waals surface area contributed by atoms with E-state index in [0.29, 0.717) is 5.56 Å². The van der Waals surface area contributed by atoms with Crippen LogP contribution in [0.3, 0.4) is 0 Å². The van der Waals surface area contributed by atoms with Gasteiger partial charge in [-0.25, -0.2) is 13.2 Å². The maximum absolute atomic E-state index is 12.6. The van der Waals surface area contributed by atoms with Crippen molar-refractivity contribution in [1.82, 2.24) is 4.31 Å². The molecule has 0 heterocycles. The maximum Gasteiger partial charge on any atom is 0.328 e. The average molecular weight is 311 g/mol. The Kier molecular flexibility index (Phi) is 4.34. The topological polar surface area (TPSA) is 83.9 Å². The highest BCUT2D eigenvalue weighted by molar-refractivity contribution is 7.89. The van der Waals surface area contributed by atoms with Crippen LogP contribution < -0.4 is 4.74 Å². The standard InChI is InChI=1S/C14H17NO5S/c1-15(11-5-6-11)21(18,19)13-9-10(4-8-14(16)17)3-7-12(13)20-2/h3-4,7-9,11H,5-6H2,1-2H3,(H,16,17)/b8-4+. The van der Waals surface area contributed by atoms with E-state index in [1.165, 1.54) is 29.6 Å². The zero-order chi connectivity index (χ0) is 15.6. The summed E-state index contributed by atoms with van der Waals surface area (Å²) in [6, 6.07) is 4.59. The Hall–Kier alpha value is -1.86. The predicted octanol–water partition coefficient (Wildman–Crippen LogP) is 1.58. The number of rotatable bonds is 6. The number of ether oxygens (including phenoxy) is 1. The number of aliphatic carboxylic acids is 1. The van der Waals surface area contributed by atoms with E-state index in [9.17, 15) is 13.2 Å². The monoisotopic (exact) mass is 311 g/mol. The van der Waals surface area contributed by atoms with Gasteiger partial charge in [0, 0.05) is 19.2 Å². The Morgan fingerprint density at radius 2 is 2.10 bits per heavy atom. The van der Waals surface area contributed by atoms with Crippen LogP contribution in [-0.2, 0) is 14.8 Å². The van der Waals surface area contributed by atoms with Gasteiger partial charge in [-0.1, -0.05) is 6.07 Å². The molecule has 0 bridgehead atoms. The Balaban J connectivity index is 2.44. The molecule has 1 N–H and O–H groups in total. The molecule has 0 unspecified atom stereocenters. The van der Waals surface area contributed by atoms with Gasteiger partial charge in [-0.2, -0.15) is 4.31 Å². The van der Waals surface area contributed by atoms with Crippen LogP contribution >= 0.6 is 0 Å². The van der Waals surface area contributed by atoms with Gasteiger partial charge >= 0.3 is 5.97 Å². The van der Waals surface area contributed by atoms with Gasteiger partial charge in [0.15, 0.2) is 0 Å². The third-order valence-electron chi connectivity index (χ3n) is 3.32. The average Bonchev–Trinajstić information content (AvgIpc) is 3.28. The van der Waals surface area contributed by atoms with Crippen molar-refractivity contribution < 1.29 is 23.1 Å². The molecule has 1 fully saturated rings. The summed E-state index contributed by atoms with van der Waals surface area (Å²) in [4.78, 5) is 10.6. The molecular formula is C14H17NO5S. The van der Waals surface area contributed by atoms with Crippen molar-refractivity contribution in [3.05, 3.63) is 29.8 Å². The lowest BCUT2D eigenvalue weighted by atomic mass is 10.2. The van der Waals surface area contributed by atoms with Crippen LogP contribution in [0.25, 0.3) is 6.08 Å². The number of nitrogens with zero attached hydrogens (tertiary/aromatic N) is 1. The molecule has 0 atom stereocenters. The lowest BCUT2D eigenvalue weighted by Gasteiger charge is -2.18. The number of hydrogen-bond acceptors (Lipinski definition) is 4. The van der Waals surface area contributed by atoms with Gasteiger partial charge in [0.25, 0.3) is 0 Å². The van der Waals surface area contributed by atoms with E-state index >= 15 is 0 Å². The number of carboxylic acids is 1. The molecule has 1 aromatic carbocycles. The summed E-state index contributed by atoms with van der Waals surface area (Å²) in [5.41, 5.74) is 0.487. The van der Waals surface area contributed by atoms with Gasteiger partial charge in [0.05, 0.1) is 7.11 Å². The third-order valence-corrected chi connectivity index (χ3v) is 5.26. The van der Waals surface area contributed by atoms with Crippen LogP contribution in [-0.4, -0.2) is 44.0 Å². The minimum atomic E-state index is -3.65. The molecule has 0 spiro atoms. The quantitative estimate of drug-likeness (QED) is 0.806. The Morgan fingerprint density at radius 1 is 1.43 bits per heavy atom. The highest BCUT2D eigenvalue weighted by Gasteiger charge is 2.36. The van der Waals surface area contributed by atoms with Crippen molar-refractivity contribution in [1.29, 1.82) is 0 Å². The van der Waals surface area contributed by atoms with Crippen molar-refractivity contribution >= 4 is 22.1 Å². The van der Waals surface area contributed by atoms with E-state index in [1.54, 1.807) is 13.1 Å². The van der Waals surface area contributed by atoms with Gasteiger partial charge in [-0.3, -0.25) is 0 Å². The summed E-state index contributed by atoms with van der Waals surface area (Å²) in [5, 5.41) is 8.64. The van der Waals surface area contributed by atoms with Crippen LogP contribution in [0.2, 0.25) is 0 Å². The molecule has 0 saturated heterocycles. The smallest absolute Gasteiger partial charge is 0.328 e. The molecule has 114 valence electrons. The fourth-order valence-corrected chi connectivity index (χ4v) is 3.56. The zero-order valence-electron chi connectivity index (χ0n) is 11.8. The number of hydrogen-bond donors (Lipinski definition) is 1. The van der Waals surface area contributed by atoms with Crippen LogP contribution in [0, 0.1) is 0 Å². The molecule has 0 aliphatic heterocycles. The van der Waals surface area contributed by atoms with E-state index in [-0.39, 0.29) is 16.7 Å². The van der Waals surface area contributed by atoms with Crippen molar-refractivity contribution in [3.63, 3.8) is 0 Å². The molecule has 1 aliphatic carbocycles. The van der Waals surface area contributed by atoms with Gasteiger partial charge in [0.2, 0.25) is 10.0 Å². The van der Waals surface area contributed by atoms with E-state index < -0.39 is 16.0 Å². The Bertz CT molecular complexity index is 677. The SMILES string of the molecule is COc1ccc(/C=C/C(=O)O)cc1S(=O)(=O)N(C)C1CC1. The van der Waals surface area contributed by atoms with Gasteiger partial charge in [0.1, 0.15) is 10.6 Å². The van der Waals surface area contributed by atoms with Gasteiger partial charge in [-0.15, -0.1) is 0 Å². The Morgan fingerprint density at radius 3 is 2.62 bits per heavy atom. The first-order valence-corrected chi connectivity index (χ1v) is 7.87. The van der Waals surface area contributed by atoms with Crippen molar-refractivity contribution in [2.75, 3.05) is 14.2 Å². The first-order valence-electron chi connectivity index (χ1n) is 6.43. The molecule has 1 aromatic rings. The van der Waals surface area contributed by atoms with Gasteiger partial charge in [-0.05, 0) is 36.6 Å². The third kappa shape index (κ3) is 3.43. The molecule has 2 rings (SSSR count). The fourth-order valence-electron chi connectivity index (χ4n) is 1.96. The van der Waals surface area contributed by atoms with Crippen molar-refractivity contribution in [2.24, 2.45) is 0 Å². The summed E-state index contributed by atoms with van der Waals surface area (Å²) < 4.78 is 31.6. The molecule has 1 aliphatic rings. The molecular weight excluding hydrogens is 294 g/mol. The highest BCUT2D eigenvalue weighted by atomic mass is 32.2. The van der Waals surface area contributed by atoms with E-state index in [4.69, 9.17) is 9.84 Å². The molecule has 0 radical (unpaired) electrons. The van der Waals surface area contributed by atoms with Crippen LogP contribution in [0.1, 0.15) is 18.4 Å². The van der Waals surface area contributed by atoms with Gasteiger partial charge < -0.3 is 9.84 Å². The minimum absolute atomic E-state index is 0.0397. The largest absolute Gasteiger partial charge is 0.495 e. The lowest BCUT2D eigenvalue weighted by molar-refractivity contribution is -0.131. The lowest BCUT2D eigenvalue weighted by Crippen LogP contribution is -2.29. The molecule has 7 heteroatoms. The fraction of sp³-hybridized carbons (Fsp3) is 0.357. The summed E-state index contributed by atoms with van der Waals surface area (Å²) in [6.45, 7) is 0. The summed E-state index contributed by atoms with van der Waals surface area (Å²) in [6.07, 6.45) is 4.02. The molecule has 0 aromatic heterocycles. The number of benzene rings is 1. The second kappa shape index (κ2) is 5.87. The summed E-state index contributed by atoms with van der Waals surface area (Å²) >= 11 is 0. The normalized spacial score (nSPS) is 15.6. The first-order chi connectivity index (χ1) is 9.86. The number of sulfonamides is 1. The second-order valence-electron chi connectivity index (χ2n) is 4.83. The minimum Gasteiger partial charge on any atom is -0.495 e. The van der Waals surface area contributed by atoms with E-state index in [2.05, 4.69) is 0 Å². The molecule has 6 nitrogen and oxygen atoms in total. The van der Waals surface area contributed by atoms with Crippen molar-refractivity contribution in [2.45, 2.75) is 23.8 Å². The second-order valence-corrected chi connectivity index (χ2v) is 6.80. The predicted molar refractivity (Wildman–Crippen MR) is 77.6 cm³/mol. The van der Waals surface area contributed by atoms with Crippen molar-refractivity contribution in [3.8, 4) is 5.75 Å². The molecule has 0 amide bonds. The van der Waals surface area contributed by atoms with E-state index in [1.807, 2.05) is 0 Å². The van der Waals surface area contributed by atoms with Crippen LogP contribution in [0.5, 0.6) is 5.75 Å². The number of carboxylic acid groups (broad SMARTS) is 1. The van der Waals surface area contributed by atoms with Crippen LogP contribution in [0.15, 0.2) is 29.2 Å². The Labute approximate surface area is 123 Å². The number of carbonyl (C=O) groups is 1. The molecule has 21 heavy (non-hydrogen) atoms. The van der Waals surface area contributed by atoms with E-state index in [0.717, 1.165) is 18.9 Å². The van der Waals surface area contributed by atoms with Crippen LogP contribution in [0.4, 0.5) is 0 Å². The highest BCUT2D eigenvalue weighted by Crippen LogP contribution is 2.34. The molecule has 1 saturated carbocycles. The summed E-state index contributed by atoms with van der Waals surface area (Å²) in [5.74, 6) is -0.847. The first kappa shape index (κ1) is 15.5. The number of methoxy groups -OCH3 is 1.